The van der Waals surface area contributed by atoms with Gasteiger partial charge in [-0.2, -0.15) is 0 Å². The van der Waals surface area contributed by atoms with Gasteiger partial charge < -0.3 is 34.3 Å². The molecule has 0 bridgehead atoms. The number of hydrogen-bond acceptors (Lipinski definition) is 7. The summed E-state index contributed by atoms with van der Waals surface area (Å²) in [6.07, 6.45) is -1.56. The number of rotatable bonds is 12. The first-order valence-electron chi connectivity index (χ1n) is 12.3. The van der Waals surface area contributed by atoms with Gasteiger partial charge in [0.25, 0.3) is 0 Å². The van der Waals surface area contributed by atoms with E-state index in [4.69, 9.17) is 18.9 Å². The van der Waals surface area contributed by atoms with Gasteiger partial charge in [-0.25, -0.2) is 0 Å². The van der Waals surface area contributed by atoms with Crippen molar-refractivity contribution in [2.75, 3.05) is 20.8 Å². The predicted octanol–water partition coefficient (Wildman–Crippen LogP) is 5.54. The average molecular weight is 595 g/mol. The molecule has 0 saturated carbocycles. The molecule has 0 aromatic heterocycles. The lowest BCUT2D eigenvalue weighted by atomic mass is 9.84. The van der Waals surface area contributed by atoms with Gasteiger partial charge in [-0.05, 0) is 41.0 Å². The van der Waals surface area contributed by atoms with Gasteiger partial charge in [0.05, 0.1) is 20.8 Å². The van der Waals surface area contributed by atoms with Crippen LogP contribution in [0.4, 0.5) is 0 Å². The fourth-order valence-electron chi connectivity index (χ4n) is 4.22. The number of aliphatic hydroxyl groups excluding tert-OH is 2. The second kappa shape index (κ2) is 13.0. The van der Waals surface area contributed by atoms with Crippen molar-refractivity contribution in [3.8, 4) is 23.0 Å². The first kappa shape index (κ1) is 28.4. The highest BCUT2D eigenvalue weighted by atomic mass is 79.9. The lowest BCUT2D eigenvalue weighted by Gasteiger charge is -2.34. The molecule has 0 unspecified atom stereocenters. The van der Waals surface area contributed by atoms with Gasteiger partial charge in [0.1, 0.15) is 24.9 Å². The van der Waals surface area contributed by atoms with Crippen LogP contribution in [-0.2, 0) is 18.8 Å². The van der Waals surface area contributed by atoms with Crippen LogP contribution in [0.3, 0.4) is 0 Å². The average Bonchev–Trinajstić information content (AvgIpc) is 2.99. The molecule has 7 nitrogen and oxygen atoms in total. The molecule has 4 rings (SSSR count). The van der Waals surface area contributed by atoms with E-state index in [9.17, 15) is 15.3 Å². The number of halogens is 1. The third kappa shape index (κ3) is 6.54. The van der Waals surface area contributed by atoms with E-state index in [1.165, 1.54) is 14.2 Å². The maximum absolute atomic E-state index is 11.8. The van der Waals surface area contributed by atoms with Crippen molar-refractivity contribution in [2.45, 2.75) is 24.9 Å². The minimum atomic E-state index is -2.15. The van der Waals surface area contributed by atoms with Gasteiger partial charge in [0, 0.05) is 10.0 Å². The van der Waals surface area contributed by atoms with Crippen LogP contribution < -0.4 is 18.9 Å². The third-order valence-corrected chi connectivity index (χ3v) is 6.82. The number of aliphatic hydroxyl groups is 3. The molecule has 0 saturated heterocycles. The molecule has 0 amide bonds. The Kier molecular flexibility index (Phi) is 9.48. The zero-order valence-electron chi connectivity index (χ0n) is 21.7. The van der Waals surface area contributed by atoms with E-state index in [1.807, 2.05) is 60.7 Å². The summed E-state index contributed by atoms with van der Waals surface area (Å²) in [6, 6.07) is 27.4. The first-order chi connectivity index (χ1) is 18.9. The monoisotopic (exact) mass is 594 g/mol. The molecule has 3 N–H and O–H groups in total. The number of methoxy groups -OCH3 is 2. The van der Waals surface area contributed by atoms with Crippen LogP contribution in [0.5, 0.6) is 23.0 Å². The molecule has 39 heavy (non-hydrogen) atoms. The SMILES string of the molecule is COc1cc([C@H](O)[C@](O)(CO)c2cc(Br)cc(OC)c2OCc2ccccc2)ccc1OCc1ccccc1. The normalized spacial score (nSPS) is 13.3. The Morgan fingerprint density at radius 1 is 0.744 bits per heavy atom. The van der Waals surface area contributed by atoms with Crippen molar-refractivity contribution in [1.29, 1.82) is 0 Å². The number of hydrogen-bond donors (Lipinski definition) is 3. The minimum absolute atomic E-state index is 0.156. The van der Waals surface area contributed by atoms with Gasteiger partial charge in [-0.1, -0.05) is 82.7 Å². The van der Waals surface area contributed by atoms with Gasteiger partial charge in [-0.3, -0.25) is 0 Å². The van der Waals surface area contributed by atoms with Gasteiger partial charge in [0.15, 0.2) is 23.0 Å². The zero-order chi connectivity index (χ0) is 27.8. The van der Waals surface area contributed by atoms with Crippen molar-refractivity contribution in [3.63, 3.8) is 0 Å². The predicted molar refractivity (Wildman–Crippen MR) is 151 cm³/mol. The third-order valence-electron chi connectivity index (χ3n) is 6.37. The highest BCUT2D eigenvalue weighted by Gasteiger charge is 2.42. The molecule has 0 spiro atoms. The highest BCUT2D eigenvalue weighted by molar-refractivity contribution is 9.10. The molecule has 0 aliphatic heterocycles. The lowest BCUT2D eigenvalue weighted by Crippen LogP contribution is -2.38. The summed E-state index contributed by atoms with van der Waals surface area (Å²) in [4.78, 5) is 0. The Labute approximate surface area is 236 Å². The molecular weight excluding hydrogens is 564 g/mol. The van der Waals surface area contributed by atoms with Gasteiger partial charge in [0.2, 0.25) is 0 Å². The molecule has 0 heterocycles. The van der Waals surface area contributed by atoms with Crippen LogP contribution in [0.2, 0.25) is 0 Å². The molecule has 0 fully saturated rings. The summed E-state index contributed by atoms with van der Waals surface area (Å²) < 4.78 is 23.6. The smallest absolute Gasteiger partial charge is 0.168 e. The van der Waals surface area contributed by atoms with Crippen LogP contribution in [-0.4, -0.2) is 36.1 Å². The van der Waals surface area contributed by atoms with E-state index in [1.54, 1.807) is 30.3 Å². The van der Waals surface area contributed by atoms with E-state index in [0.29, 0.717) is 33.9 Å². The summed E-state index contributed by atoms with van der Waals surface area (Å²) in [7, 11) is 2.97. The Morgan fingerprint density at radius 2 is 1.33 bits per heavy atom. The maximum Gasteiger partial charge on any atom is 0.168 e. The largest absolute Gasteiger partial charge is 0.493 e. The molecule has 4 aromatic carbocycles. The lowest BCUT2D eigenvalue weighted by molar-refractivity contribution is -0.115. The van der Waals surface area contributed by atoms with E-state index in [2.05, 4.69) is 15.9 Å². The fourth-order valence-corrected chi connectivity index (χ4v) is 4.66. The summed E-state index contributed by atoms with van der Waals surface area (Å²) in [5, 5.41) is 33.7. The van der Waals surface area contributed by atoms with Crippen molar-refractivity contribution < 1.29 is 34.3 Å². The molecular formula is C31H31BrO7. The highest BCUT2D eigenvalue weighted by Crippen LogP contribution is 2.46. The quantitative estimate of drug-likeness (QED) is 0.198. The van der Waals surface area contributed by atoms with Crippen molar-refractivity contribution in [1.82, 2.24) is 0 Å². The first-order valence-corrected chi connectivity index (χ1v) is 13.1. The summed E-state index contributed by atoms with van der Waals surface area (Å²) in [5.74, 6) is 1.38. The second-order valence-electron chi connectivity index (χ2n) is 8.93. The summed E-state index contributed by atoms with van der Waals surface area (Å²) in [6.45, 7) is -0.283. The number of ether oxygens (including phenoxy) is 4. The molecule has 204 valence electrons. The van der Waals surface area contributed by atoms with E-state index in [-0.39, 0.29) is 17.9 Å². The molecule has 2 atom stereocenters. The summed E-state index contributed by atoms with van der Waals surface area (Å²) >= 11 is 3.43. The number of benzene rings is 4. The Bertz CT molecular complexity index is 1360. The summed E-state index contributed by atoms with van der Waals surface area (Å²) in [5.41, 5.74) is 0.203. The van der Waals surface area contributed by atoms with Crippen molar-refractivity contribution >= 4 is 15.9 Å². The van der Waals surface area contributed by atoms with Crippen LogP contribution in [0.1, 0.15) is 28.4 Å². The molecule has 0 aliphatic carbocycles. The van der Waals surface area contributed by atoms with E-state index >= 15 is 0 Å². The van der Waals surface area contributed by atoms with Gasteiger partial charge >= 0.3 is 0 Å². The maximum atomic E-state index is 11.8. The fraction of sp³-hybridized carbons (Fsp3) is 0.226. The van der Waals surface area contributed by atoms with Crippen molar-refractivity contribution in [3.05, 3.63) is 118 Å². The zero-order valence-corrected chi connectivity index (χ0v) is 23.3. The van der Waals surface area contributed by atoms with Gasteiger partial charge in [-0.15, -0.1) is 0 Å². The molecule has 8 heteroatoms. The standard InChI is InChI=1S/C31H31BrO7/c1-36-27-15-23(13-14-26(27)38-18-21-9-5-3-6-10-21)30(34)31(35,20-33)25-16-24(32)17-28(37-2)29(25)39-19-22-11-7-4-8-12-22/h3-17,30,33-35H,18-20H2,1-2H3/t30-,31-/m0/s1. The van der Waals surface area contributed by atoms with E-state index in [0.717, 1.165) is 11.1 Å². The minimum Gasteiger partial charge on any atom is -0.493 e. The van der Waals surface area contributed by atoms with Crippen LogP contribution >= 0.6 is 15.9 Å². The van der Waals surface area contributed by atoms with Crippen LogP contribution in [0.25, 0.3) is 0 Å². The van der Waals surface area contributed by atoms with Crippen LogP contribution in [0.15, 0.2) is 95.5 Å². The van der Waals surface area contributed by atoms with Crippen LogP contribution in [0, 0.1) is 0 Å². The molecule has 0 aliphatic rings. The Hall–Kier alpha value is -3.56. The Morgan fingerprint density at radius 3 is 1.90 bits per heavy atom. The second-order valence-corrected chi connectivity index (χ2v) is 9.84. The van der Waals surface area contributed by atoms with E-state index < -0.39 is 18.3 Å². The molecule has 0 radical (unpaired) electrons. The topological polar surface area (TPSA) is 97.6 Å². The van der Waals surface area contributed by atoms with Crippen molar-refractivity contribution in [2.24, 2.45) is 0 Å². The Balaban J connectivity index is 1.67. The molecule has 4 aromatic rings.